The van der Waals surface area contributed by atoms with Gasteiger partial charge < -0.3 is 14.7 Å². The average Bonchev–Trinajstić information content (AvgIpc) is 3.27. The van der Waals surface area contributed by atoms with Crippen LogP contribution >= 0.6 is 23.7 Å². The first-order valence-electron chi connectivity index (χ1n) is 8.55. The number of halogens is 1. The normalized spacial score (nSPS) is 17.3. The van der Waals surface area contributed by atoms with Gasteiger partial charge in [0.2, 0.25) is 17.6 Å². The van der Waals surface area contributed by atoms with E-state index in [4.69, 9.17) is 4.52 Å². The van der Waals surface area contributed by atoms with Crippen LogP contribution in [0.3, 0.4) is 0 Å². The monoisotopic (exact) mass is 384 g/mol. The van der Waals surface area contributed by atoms with Gasteiger partial charge in [0.25, 0.3) is 0 Å². The summed E-state index contributed by atoms with van der Waals surface area (Å²) in [5.74, 6) is 2.07. The topological polar surface area (TPSA) is 71.3 Å². The number of aromatic nitrogens is 2. The number of thiophene rings is 1. The molecule has 0 aromatic carbocycles. The van der Waals surface area contributed by atoms with Crippen molar-refractivity contribution in [3.8, 4) is 10.7 Å². The van der Waals surface area contributed by atoms with Gasteiger partial charge in [-0.2, -0.15) is 4.98 Å². The fourth-order valence-electron chi connectivity index (χ4n) is 3.16. The van der Waals surface area contributed by atoms with Crippen LogP contribution in [0.5, 0.6) is 0 Å². The molecule has 3 heterocycles. The molecule has 1 saturated heterocycles. The molecule has 1 amide bonds. The van der Waals surface area contributed by atoms with Crippen molar-refractivity contribution in [2.45, 2.75) is 32.1 Å². The van der Waals surface area contributed by atoms with E-state index < -0.39 is 0 Å². The number of aryl methyl sites for hydroxylation is 1. The molecule has 3 rings (SSSR count). The summed E-state index contributed by atoms with van der Waals surface area (Å²) in [6, 6.07) is 3.94. The van der Waals surface area contributed by atoms with Crippen LogP contribution in [0.4, 0.5) is 0 Å². The number of rotatable bonds is 7. The van der Waals surface area contributed by atoms with Crippen LogP contribution < -0.4 is 5.32 Å². The number of amides is 1. The van der Waals surface area contributed by atoms with Gasteiger partial charge in [0.05, 0.1) is 4.88 Å². The lowest BCUT2D eigenvalue weighted by Crippen LogP contribution is -2.42. The average molecular weight is 385 g/mol. The highest BCUT2D eigenvalue weighted by Gasteiger charge is 2.22. The minimum atomic E-state index is 0. The second kappa shape index (κ2) is 9.89. The summed E-state index contributed by atoms with van der Waals surface area (Å²) in [4.78, 5) is 19.8. The first-order chi connectivity index (χ1) is 11.8. The zero-order valence-electron chi connectivity index (χ0n) is 14.4. The number of hydrogen-bond acceptors (Lipinski definition) is 6. The Morgan fingerprint density at radius 2 is 2.40 bits per heavy atom. The zero-order valence-corrected chi connectivity index (χ0v) is 16.1. The van der Waals surface area contributed by atoms with Crippen LogP contribution in [-0.4, -0.2) is 47.6 Å². The summed E-state index contributed by atoms with van der Waals surface area (Å²) in [5, 5.41) is 9.20. The highest BCUT2D eigenvalue weighted by atomic mass is 35.5. The molecular weight excluding hydrogens is 360 g/mol. The number of nitrogens with one attached hydrogen (secondary N) is 1. The summed E-state index contributed by atoms with van der Waals surface area (Å²) in [6.07, 6.45) is 4.25. The quantitative estimate of drug-likeness (QED) is 0.794. The third-order valence-electron chi connectivity index (χ3n) is 4.36. The van der Waals surface area contributed by atoms with Gasteiger partial charge >= 0.3 is 0 Å². The van der Waals surface area contributed by atoms with Crippen molar-refractivity contribution in [3.05, 3.63) is 23.4 Å². The van der Waals surface area contributed by atoms with Gasteiger partial charge in [0.15, 0.2) is 0 Å². The van der Waals surface area contributed by atoms with E-state index in [0.717, 1.165) is 37.4 Å². The van der Waals surface area contributed by atoms with E-state index in [0.29, 0.717) is 30.5 Å². The van der Waals surface area contributed by atoms with Crippen LogP contribution in [0, 0.1) is 5.92 Å². The van der Waals surface area contributed by atoms with Crippen molar-refractivity contribution in [2.75, 3.05) is 26.7 Å². The Morgan fingerprint density at radius 3 is 3.16 bits per heavy atom. The van der Waals surface area contributed by atoms with Crippen LogP contribution in [0.25, 0.3) is 10.7 Å². The number of carbonyl (C=O) groups excluding carboxylic acids is 1. The van der Waals surface area contributed by atoms with E-state index in [-0.39, 0.29) is 18.3 Å². The molecule has 138 valence electrons. The Bertz CT molecular complexity index is 645. The fraction of sp³-hybridized carbons (Fsp3) is 0.588. The molecule has 2 aromatic heterocycles. The molecule has 1 atom stereocenters. The lowest BCUT2D eigenvalue weighted by molar-refractivity contribution is -0.133. The van der Waals surface area contributed by atoms with Crippen molar-refractivity contribution in [1.29, 1.82) is 0 Å². The smallest absolute Gasteiger partial charge is 0.226 e. The summed E-state index contributed by atoms with van der Waals surface area (Å²) in [5.41, 5.74) is 0. The maximum absolute atomic E-state index is 12.4. The largest absolute Gasteiger partial charge is 0.342 e. The first kappa shape index (κ1) is 19.9. The van der Waals surface area contributed by atoms with Gasteiger partial charge in [-0.1, -0.05) is 11.2 Å². The van der Waals surface area contributed by atoms with Gasteiger partial charge in [-0.05, 0) is 50.2 Å². The molecule has 1 aliphatic rings. The van der Waals surface area contributed by atoms with Gasteiger partial charge in [0, 0.05) is 25.9 Å². The molecule has 1 N–H and O–H groups in total. The molecule has 1 aliphatic heterocycles. The lowest BCUT2D eigenvalue weighted by atomic mass is 9.97. The predicted molar refractivity (Wildman–Crippen MR) is 101 cm³/mol. The molecule has 2 aromatic rings. The molecule has 1 unspecified atom stereocenters. The van der Waals surface area contributed by atoms with E-state index in [1.54, 1.807) is 11.3 Å². The molecule has 8 heteroatoms. The first-order valence-corrected chi connectivity index (χ1v) is 9.43. The van der Waals surface area contributed by atoms with Crippen LogP contribution in [-0.2, 0) is 11.2 Å². The molecule has 0 bridgehead atoms. The number of likely N-dealkylation sites (tertiary alicyclic amines) is 1. The highest BCUT2D eigenvalue weighted by Crippen LogP contribution is 2.22. The van der Waals surface area contributed by atoms with Crippen molar-refractivity contribution >= 4 is 29.7 Å². The third-order valence-corrected chi connectivity index (χ3v) is 5.22. The Hall–Kier alpha value is -1.44. The van der Waals surface area contributed by atoms with Gasteiger partial charge in [0.1, 0.15) is 0 Å². The number of carbonyl (C=O) groups is 1. The third kappa shape index (κ3) is 5.52. The molecule has 0 aliphatic carbocycles. The minimum absolute atomic E-state index is 0. The second-order valence-corrected chi connectivity index (χ2v) is 7.20. The van der Waals surface area contributed by atoms with Crippen molar-refractivity contribution in [3.63, 3.8) is 0 Å². The van der Waals surface area contributed by atoms with E-state index in [2.05, 4.69) is 15.5 Å². The maximum atomic E-state index is 12.4. The van der Waals surface area contributed by atoms with Crippen molar-refractivity contribution < 1.29 is 9.32 Å². The van der Waals surface area contributed by atoms with Crippen molar-refractivity contribution in [2.24, 2.45) is 5.92 Å². The van der Waals surface area contributed by atoms with E-state index >= 15 is 0 Å². The molecule has 0 radical (unpaired) electrons. The molecule has 1 fully saturated rings. The number of nitrogens with zero attached hydrogens (tertiary/aromatic N) is 3. The summed E-state index contributed by atoms with van der Waals surface area (Å²) < 4.78 is 5.28. The number of hydrogen-bond donors (Lipinski definition) is 1. The van der Waals surface area contributed by atoms with Crippen LogP contribution in [0.2, 0.25) is 0 Å². The van der Waals surface area contributed by atoms with Gasteiger partial charge in [-0.25, -0.2) is 0 Å². The Morgan fingerprint density at radius 1 is 1.52 bits per heavy atom. The van der Waals surface area contributed by atoms with Crippen LogP contribution in [0.1, 0.15) is 31.6 Å². The second-order valence-electron chi connectivity index (χ2n) is 6.25. The van der Waals surface area contributed by atoms with E-state index in [1.165, 1.54) is 6.42 Å². The van der Waals surface area contributed by atoms with Crippen molar-refractivity contribution in [1.82, 2.24) is 20.4 Å². The predicted octanol–water partition coefficient (Wildman–Crippen LogP) is 3.00. The Balaban J connectivity index is 0.00000225. The van der Waals surface area contributed by atoms with E-state index in [1.807, 2.05) is 29.5 Å². The minimum Gasteiger partial charge on any atom is -0.342 e. The molecule has 0 spiro atoms. The summed E-state index contributed by atoms with van der Waals surface area (Å²) >= 11 is 1.59. The van der Waals surface area contributed by atoms with Crippen LogP contribution in [0.15, 0.2) is 22.0 Å². The summed E-state index contributed by atoms with van der Waals surface area (Å²) in [6.45, 7) is 2.75. The maximum Gasteiger partial charge on any atom is 0.226 e. The molecule has 25 heavy (non-hydrogen) atoms. The summed E-state index contributed by atoms with van der Waals surface area (Å²) in [7, 11) is 1.97. The lowest BCUT2D eigenvalue weighted by Gasteiger charge is -2.32. The SMILES string of the molecule is CNCC1CCCN(C(=O)CCCc2nc(-c3cccs3)no2)C1.Cl. The highest BCUT2D eigenvalue weighted by molar-refractivity contribution is 7.13. The molecular formula is C17H25ClN4O2S. The molecule has 0 saturated carbocycles. The van der Waals surface area contributed by atoms with E-state index in [9.17, 15) is 4.79 Å². The standard InChI is InChI=1S/C17H24N4O2S.ClH/c1-18-11-13-5-3-9-21(12-13)16(22)8-2-7-15-19-17(20-23-15)14-6-4-10-24-14;/h4,6,10,13,18H,2-3,5,7-9,11-12H2,1H3;1H. The number of piperidine rings is 1. The van der Waals surface area contributed by atoms with Gasteiger partial charge in [-0.15, -0.1) is 23.7 Å². The zero-order chi connectivity index (χ0) is 16.8. The Kier molecular flexibility index (Phi) is 7.87. The fourth-order valence-corrected chi connectivity index (χ4v) is 3.81. The Labute approximate surface area is 158 Å². The molecule has 6 nitrogen and oxygen atoms in total. The van der Waals surface area contributed by atoms with Gasteiger partial charge in [-0.3, -0.25) is 4.79 Å².